The summed E-state index contributed by atoms with van der Waals surface area (Å²) >= 11 is 0. The summed E-state index contributed by atoms with van der Waals surface area (Å²) in [5.74, 6) is 0. The lowest BCUT2D eigenvalue weighted by Gasteiger charge is -1.96. The summed E-state index contributed by atoms with van der Waals surface area (Å²) in [6.07, 6.45) is 53.5. The Bertz CT molecular complexity index is 620. The van der Waals surface area contributed by atoms with Crippen LogP contribution < -0.4 is 0 Å². The molecule has 0 heteroatoms. The molecule has 0 spiro atoms. The minimum atomic E-state index is 1.04. The van der Waals surface area contributed by atoms with Crippen LogP contribution in [0.1, 0.15) is 38.5 Å². The zero-order chi connectivity index (χ0) is 19.8. The van der Waals surface area contributed by atoms with Gasteiger partial charge in [0.2, 0.25) is 0 Å². The van der Waals surface area contributed by atoms with Gasteiger partial charge in [-0.15, -0.1) is 0 Å². The molecule has 0 aliphatic heterocycles. The maximum Gasteiger partial charge on any atom is -0.0276 e. The van der Waals surface area contributed by atoms with Crippen molar-refractivity contribution in [1.82, 2.24) is 0 Å². The molecule has 0 unspecified atom stereocenters. The van der Waals surface area contributed by atoms with Crippen LogP contribution in [-0.2, 0) is 0 Å². The topological polar surface area (TPSA) is 0 Å². The summed E-state index contributed by atoms with van der Waals surface area (Å²) in [5, 5.41) is 0. The van der Waals surface area contributed by atoms with Crippen molar-refractivity contribution in [3.63, 3.8) is 0 Å². The Balaban J connectivity index is 2.50. The number of allylic oxidation sites excluding steroid dienone is 22. The van der Waals surface area contributed by atoms with Crippen LogP contribution in [0.25, 0.3) is 0 Å². The van der Waals surface area contributed by atoms with E-state index in [0.717, 1.165) is 12.8 Å². The van der Waals surface area contributed by atoms with E-state index in [9.17, 15) is 0 Å². The van der Waals surface area contributed by atoms with E-state index in [1.807, 2.05) is 103 Å². The predicted octanol–water partition coefficient (Wildman–Crippen LogP) is 8.26. The van der Waals surface area contributed by atoms with Gasteiger partial charge in [0.1, 0.15) is 0 Å². The van der Waals surface area contributed by atoms with Crippen LogP contribution in [0, 0.1) is 6.08 Å². The minimum absolute atomic E-state index is 1.04. The van der Waals surface area contributed by atoms with Gasteiger partial charge in [0.25, 0.3) is 0 Å². The molecule has 1 radical (unpaired) electrons. The number of hydrogen-bond acceptors (Lipinski definition) is 0. The zero-order valence-electron chi connectivity index (χ0n) is 16.9. The molecule has 0 heterocycles. The van der Waals surface area contributed by atoms with Crippen molar-refractivity contribution in [1.29, 1.82) is 0 Å². The second kappa shape index (κ2) is 20.5. The Hall–Kier alpha value is -2.86. The van der Waals surface area contributed by atoms with Crippen molar-refractivity contribution in [2.75, 3.05) is 0 Å². The van der Waals surface area contributed by atoms with Crippen molar-refractivity contribution in [3.8, 4) is 0 Å². The average Bonchev–Trinajstić information content (AvgIpc) is 2.71. The van der Waals surface area contributed by atoms with E-state index in [2.05, 4.69) is 30.4 Å². The van der Waals surface area contributed by atoms with E-state index in [4.69, 9.17) is 0 Å². The lowest BCUT2D eigenvalue weighted by atomic mass is 10.1. The number of hydrogen-bond donors (Lipinski definition) is 0. The average molecular weight is 370 g/mol. The lowest BCUT2D eigenvalue weighted by molar-refractivity contribution is 0.649. The van der Waals surface area contributed by atoms with Crippen molar-refractivity contribution >= 4 is 0 Å². The minimum Gasteiger partial charge on any atom is -0.0845 e. The molecule has 28 heavy (non-hydrogen) atoms. The molecule has 1 aliphatic carbocycles. The normalized spacial score (nSPS) is 30.3. The molecule has 1 rings (SSSR count). The zero-order valence-corrected chi connectivity index (χ0v) is 16.9. The molecule has 0 aromatic rings. The van der Waals surface area contributed by atoms with Gasteiger partial charge in [0, 0.05) is 0 Å². The summed E-state index contributed by atoms with van der Waals surface area (Å²) in [6.45, 7) is 0. The first-order valence-electron chi connectivity index (χ1n) is 10.2. The molecule has 0 amide bonds. The predicted molar refractivity (Wildman–Crippen MR) is 127 cm³/mol. The summed E-state index contributed by atoms with van der Waals surface area (Å²) < 4.78 is 0. The maximum absolute atomic E-state index is 3.33. The Morgan fingerprint density at radius 1 is 0.357 bits per heavy atom. The van der Waals surface area contributed by atoms with Crippen LogP contribution in [0.5, 0.6) is 0 Å². The van der Waals surface area contributed by atoms with Crippen molar-refractivity contribution in [2.45, 2.75) is 38.5 Å². The molecular weight excluding hydrogens is 336 g/mol. The summed E-state index contributed by atoms with van der Waals surface area (Å²) in [6, 6.07) is 0. The third-order valence-corrected chi connectivity index (χ3v) is 3.79. The maximum atomic E-state index is 3.33. The Morgan fingerprint density at radius 3 is 1.25 bits per heavy atom. The molecule has 0 fully saturated rings. The first kappa shape index (κ1) is 23.2. The van der Waals surface area contributed by atoms with Gasteiger partial charge < -0.3 is 0 Å². The fraction of sp³-hybridized carbons (Fsp3) is 0.214. The standard InChI is InChI=1S/C28H33/c1-2-4-6-8-10-12-14-16-18-20-22-24-26-28-27-25-23-21-19-17-15-13-11-9-7-5-3-1/h1-21H,22,24-28H2/b3-1+,4-2+,7-5+,8-6-,11-9-,12-10+,15-13-,16-14+,19-17-,20-18+,23-21?. The fourth-order valence-corrected chi connectivity index (χ4v) is 2.32. The van der Waals surface area contributed by atoms with Gasteiger partial charge in [-0.2, -0.15) is 0 Å². The molecule has 0 N–H and O–H groups in total. The van der Waals surface area contributed by atoms with Gasteiger partial charge in [0.15, 0.2) is 0 Å². The fourth-order valence-electron chi connectivity index (χ4n) is 2.32. The van der Waals surface area contributed by atoms with E-state index in [1.54, 1.807) is 0 Å². The smallest absolute Gasteiger partial charge is 0.0276 e. The highest BCUT2D eigenvalue weighted by molar-refractivity contribution is 5.22. The summed E-state index contributed by atoms with van der Waals surface area (Å²) in [5.41, 5.74) is 0. The van der Waals surface area contributed by atoms with E-state index in [0.29, 0.717) is 0 Å². The van der Waals surface area contributed by atoms with Crippen LogP contribution in [0.2, 0.25) is 0 Å². The van der Waals surface area contributed by atoms with Crippen molar-refractivity contribution < 1.29 is 0 Å². The van der Waals surface area contributed by atoms with Crippen LogP contribution in [0.3, 0.4) is 0 Å². The van der Waals surface area contributed by atoms with Gasteiger partial charge in [0.05, 0.1) is 0 Å². The Kier molecular flexibility index (Phi) is 16.9. The molecule has 0 bridgehead atoms. The molecule has 1 aliphatic rings. The Labute approximate surface area is 172 Å². The van der Waals surface area contributed by atoms with Gasteiger partial charge in [-0.3, -0.25) is 0 Å². The van der Waals surface area contributed by atoms with Crippen LogP contribution in [0.4, 0.5) is 0 Å². The molecule has 0 aromatic heterocycles. The summed E-state index contributed by atoms with van der Waals surface area (Å²) in [7, 11) is 0. The second-order valence-electron chi connectivity index (χ2n) is 6.22. The molecule has 0 nitrogen and oxygen atoms in total. The van der Waals surface area contributed by atoms with Gasteiger partial charge in [-0.1, -0.05) is 140 Å². The monoisotopic (exact) mass is 369 g/mol. The molecule has 145 valence electrons. The lowest BCUT2D eigenvalue weighted by Crippen LogP contribution is -1.76. The van der Waals surface area contributed by atoms with Gasteiger partial charge in [-0.05, 0) is 31.8 Å². The highest BCUT2D eigenvalue weighted by Gasteiger charge is 1.87. The van der Waals surface area contributed by atoms with Crippen LogP contribution in [-0.4, -0.2) is 0 Å². The molecular formula is C28H33. The highest BCUT2D eigenvalue weighted by Crippen LogP contribution is 2.06. The first-order valence-corrected chi connectivity index (χ1v) is 10.2. The molecule has 0 atom stereocenters. The summed E-state index contributed by atoms with van der Waals surface area (Å²) in [4.78, 5) is 0. The number of rotatable bonds is 0. The Morgan fingerprint density at radius 2 is 0.750 bits per heavy atom. The van der Waals surface area contributed by atoms with E-state index >= 15 is 0 Å². The second-order valence-corrected chi connectivity index (χ2v) is 6.22. The first-order chi connectivity index (χ1) is 14.0. The van der Waals surface area contributed by atoms with Crippen molar-refractivity contribution in [3.05, 3.63) is 134 Å². The molecule has 0 saturated carbocycles. The van der Waals surface area contributed by atoms with Crippen molar-refractivity contribution in [2.24, 2.45) is 0 Å². The van der Waals surface area contributed by atoms with E-state index in [-0.39, 0.29) is 0 Å². The van der Waals surface area contributed by atoms with Crippen LogP contribution >= 0.6 is 0 Å². The third kappa shape index (κ3) is 17.9. The SMILES string of the molecule is [C]1=C/C=C\C=C/C=C\C=C\C=C\C=C\C=C/C=C/C=C/C=C/CCCCCC/1. The molecule has 0 aromatic carbocycles. The molecule has 0 saturated heterocycles. The van der Waals surface area contributed by atoms with E-state index in [1.165, 1.54) is 25.7 Å². The van der Waals surface area contributed by atoms with E-state index < -0.39 is 0 Å². The third-order valence-electron chi connectivity index (χ3n) is 3.79. The van der Waals surface area contributed by atoms with Gasteiger partial charge in [-0.25, -0.2) is 0 Å². The van der Waals surface area contributed by atoms with Crippen LogP contribution in [0.15, 0.2) is 128 Å². The highest BCUT2D eigenvalue weighted by atomic mass is 13.9. The largest absolute Gasteiger partial charge is 0.0845 e. The van der Waals surface area contributed by atoms with Gasteiger partial charge >= 0.3 is 0 Å². The quantitative estimate of drug-likeness (QED) is 0.403.